The van der Waals surface area contributed by atoms with Gasteiger partial charge in [0.15, 0.2) is 0 Å². The number of halogens is 1. The van der Waals surface area contributed by atoms with E-state index in [1.165, 1.54) is 6.07 Å². The quantitative estimate of drug-likeness (QED) is 0.498. The van der Waals surface area contributed by atoms with Gasteiger partial charge in [0.25, 0.3) is 5.91 Å². The van der Waals surface area contributed by atoms with Crippen molar-refractivity contribution in [1.29, 1.82) is 0 Å². The average Bonchev–Trinajstić information content (AvgIpc) is 2.80. The summed E-state index contributed by atoms with van der Waals surface area (Å²) in [4.78, 5) is 30.3. The van der Waals surface area contributed by atoms with E-state index in [1.807, 2.05) is 49.9 Å². The monoisotopic (exact) mass is 495 g/mol. The van der Waals surface area contributed by atoms with Crippen LogP contribution in [0.4, 0.5) is 10.1 Å². The molecule has 2 aromatic carbocycles. The Bertz CT molecular complexity index is 1050. The highest BCUT2D eigenvalue weighted by molar-refractivity contribution is 5.99. The number of carbonyl (C=O) groups excluding carboxylic acids is 2. The van der Waals surface area contributed by atoms with Crippen molar-refractivity contribution in [1.82, 2.24) is 10.2 Å². The van der Waals surface area contributed by atoms with Crippen molar-refractivity contribution in [2.24, 2.45) is 11.8 Å². The molecule has 1 aliphatic rings. The minimum Gasteiger partial charge on any atom is -0.351 e. The van der Waals surface area contributed by atoms with Crippen LogP contribution >= 0.6 is 0 Å². The van der Waals surface area contributed by atoms with Crippen molar-refractivity contribution in [2.45, 2.75) is 73.4 Å². The summed E-state index contributed by atoms with van der Waals surface area (Å²) in [6.45, 7) is 16.4. The molecule has 36 heavy (non-hydrogen) atoms. The third-order valence-corrected chi connectivity index (χ3v) is 7.29. The van der Waals surface area contributed by atoms with Crippen molar-refractivity contribution in [3.05, 3.63) is 64.5 Å². The summed E-state index contributed by atoms with van der Waals surface area (Å²) in [6.07, 6.45) is 1.34. The fourth-order valence-corrected chi connectivity index (χ4v) is 5.64. The molecule has 2 aromatic rings. The summed E-state index contributed by atoms with van der Waals surface area (Å²) in [5.41, 5.74) is 3.97. The van der Waals surface area contributed by atoms with Crippen LogP contribution in [0.1, 0.15) is 68.1 Å². The van der Waals surface area contributed by atoms with Gasteiger partial charge >= 0.3 is 0 Å². The molecule has 2 atom stereocenters. The summed E-state index contributed by atoms with van der Waals surface area (Å²) >= 11 is 0. The van der Waals surface area contributed by atoms with Gasteiger partial charge in [0, 0.05) is 48.9 Å². The van der Waals surface area contributed by atoms with Gasteiger partial charge in [-0.1, -0.05) is 25.1 Å². The van der Waals surface area contributed by atoms with E-state index in [9.17, 15) is 14.0 Å². The van der Waals surface area contributed by atoms with Crippen molar-refractivity contribution < 1.29 is 14.0 Å². The molecule has 3 rings (SSSR count). The standard InChI is InChI=1S/C30H42FN3O2/c1-19(2)33(20(3)4)13-12-32-29(35)26-15-21(5)28(22(6)16-26)34-18-24(14-23(7)30(34)36)17-25-10-8-9-11-27(25)31/h8-11,15-16,19-20,23-24H,12-14,17-18H2,1-7H3,(H,32,35)/t23-,24-/m1/s1. The topological polar surface area (TPSA) is 52.7 Å². The molecule has 0 aliphatic carbocycles. The number of hydrogen-bond donors (Lipinski definition) is 1. The molecular formula is C30H42FN3O2. The Labute approximate surface area is 216 Å². The van der Waals surface area contributed by atoms with Crippen LogP contribution in [0, 0.1) is 31.5 Å². The average molecular weight is 496 g/mol. The van der Waals surface area contributed by atoms with E-state index in [1.54, 1.807) is 6.07 Å². The molecule has 5 nitrogen and oxygen atoms in total. The maximum absolute atomic E-state index is 14.3. The third kappa shape index (κ3) is 6.52. The zero-order valence-corrected chi connectivity index (χ0v) is 22.9. The molecule has 6 heteroatoms. The van der Waals surface area contributed by atoms with Crippen molar-refractivity contribution in [2.75, 3.05) is 24.5 Å². The highest BCUT2D eigenvalue weighted by atomic mass is 19.1. The molecule has 1 fully saturated rings. The minimum atomic E-state index is -0.193. The summed E-state index contributed by atoms with van der Waals surface area (Å²) in [7, 11) is 0. The zero-order valence-electron chi connectivity index (χ0n) is 22.9. The van der Waals surface area contributed by atoms with Crippen LogP contribution in [0.25, 0.3) is 0 Å². The molecule has 1 saturated heterocycles. The molecule has 1 aliphatic heterocycles. The number of piperidine rings is 1. The molecule has 1 heterocycles. The molecule has 0 unspecified atom stereocenters. The number of carbonyl (C=O) groups is 2. The first-order valence-corrected chi connectivity index (χ1v) is 13.2. The highest BCUT2D eigenvalue weighted by Gasteiger charge is 2.34. The Hall–Kier alpha value is -2.73. The maximum Gasteiger partial charge on any atom is 0.251 e. The van der Waals surface area contributed by atoms with Crippen LogP contribution in [0.3, 0.4) is 0 Å². The van der Waals surface area contributed by atoms with Crippen LogP contribution in [0.5, 0.6) is 0 Å². The lowest BCUT2D eigenvalue weighted by atomic mass is 9.84. The van der Waals surface area contributed by atoms with Crippen molar-refractivity contribution in [3.8, 4) is 0 Å². The van der Waals surface area contributed by atoms with E-state index in [2.05, 4.69) is 37.9 Å². The summed E-state index contributed by atoms with van der Waals surface area (Å²) < 4.78 is 14.3. The number of hydrogen-bond acceptors (Lipinski definition) is 3. The fraction of sp³-hybridized carbons (Fsp3) is 0.533. The third-order valence-electron chi connectivity index (χ3n) is 7.29. The largest absolute Gasteiger partial charge is 0.351 e. The van der Waals surface area contributed by atoms with Gasteiger partial charge in [-0.25, -0.2) is 4.39 Å². The van der Waals surface area contributed by atoms with Crippen LogP contribution in [-0.4, -0.2) is 48.4 Å². The number of aryl methyl sites for hydroxylation is 2. The van der Waals surface area contributed by atoms with Crippen molar-refractivity contribution in [3.63, 3.8) is 0 Å². The number of anilines is 1. The molecule has 2 amide bonds. The lowest BCUT2D eigenvalue weighted by Gasteiger charge is -2.38. The zero-order chi connectivity index (χ0) is 26.6. The van der Waals surface area contributed by atoms with Gasteiger partial charge in [0.2, 0.25) is 5.91 Å². The van der Waals surface area contributed by atoms with Crippen molar-refractivity contribution >= 4 is 17.5 Å². The lowest BCUT2D eigenvalue weighted by Crippen LogP contribution is -2.46. The molecule has 196 valence electrons. The van der Waals surface area contributed by atoms with Gasteiger partial charge in [0.1, 0.15) is 5.82 Å². The number of nitrogens with one attached hydrogen (secondary N) is 1. The molecular weight excluding hydrogens is 453 g/mol. The van der Waals surface area contributed by atoms with Crippen LogP contribution in [0.2, 0.25) is 0 Å². The molecule has 0 aromatic heterocycles. The highest BCUT2D eigenvalue weighted by Crippen LogP contribution is 2.34. The Morgan fingerprint density at radius 1 is 1.11 bits per heavy atom. The SMILES string of the molecule is Cc1cc(C(=O)NCCN(C(C)C)C(C)C)cc(C)c1N1C[C@@H](Cc2ccccc2F)C[C@@H](C)C1=O. The predicted molar refractivity (Wildman–Crippen MR) is 145 cm³/mol. The first-order valence-electron chi connectivity index (χ1n) is 13.2. The van der Waals surface area contributed by atoms with Crippen LogP contribution in [0.15, 0.2) is 36.4 Å². The Morgan fingerprint density at radius 2 is 1.72 bits per heavy atom. The summed E-state index contributed by atoms with van der Waals surface area (Å²) in [5, 5.41) is 3.05. The van der Waals surface area contributed by atoms with Crippen LogP contribution < -0.4 is 10.2 Å². The second kappa shape index (κ2) is 12.0. The number of rotatable bonds is 9. The minimum absolute atomic E-state index is 0.0886. The fourth-order valence-electron chi connectivity index (χ4n) is 5.64. The van der Waals surface area contributed by atoms with Gasteiger partial charge in [-0.15, -0.1) is 0 Å². The van der Waals surface area contributed by atoms with Gasteiger partial charge in [0.05, 0.1) is 0 Å². The second-order valence-corrected chi connectivity index (χ2v) is 10.9. The predicted octanol–water partition coefficient (Wildman–Crippen LogP) is 5.52. The summed E-state index contributed by atoms with van der Waals surface area (Å²) in [5.74, 6) is -0.175. The molecule has 0 radical (unpaired) electrons. The normalized spacial score (nSPS) is 18.4. The molecule has 1 N–H and O–H groups in total. The van der Waals surface area contributed by atoms with E-state index in [0.29, 0.717) is 42.7 Å². The van der Waals surface area contributed by atoms with E-state index in [-0.39, 0.29) is 29.5 Å². The number of amides is 2. The summed E-state index contributed by atoms with van der Waals surface area (Å²) in [6, 6.07) is 11.5. The van der Waals surface area contributed by atoms with Crippen LogP contribution in [-0.2, 0) is 11.2 Å². The molecule has 0 saturated carbocycles. The first-order chi connectivity index (χ1) is 17.0. The van der Waals surface area contributed by atoms with Gasteiger partial charge in [-0.05, 0) is 95.2 Å². The van der Waals surface area contributed by atoms with Gasteiger partial charge in [-0.3, -0.25) is 14.5 Å². The van der Waals surface area contributed by atoms with Gasteiger partial charge < -0.3 is 10.2 Å². The number of nitrogens with zero attached hydrogens (tertiary/aromatic N) is 2. The maximum atomic E-state index is 14.3. The first kappa shape index (κ1) is 27.9. The Morgan fingerprint density at radius 3 is 2.31 bits per heavy atom. The van der Waals surface area contributed by atoms with E-state index in [4.69, 9.17) is 0 Å². The Balaban J connectivity index is 1.74. The van der Waals surface area contributed by atoms with E-state index in [0.717, 1.165) is 29.8 Å². The van der Waals surface area contributed by atoms with E-state index >= 15 is 0 Å². The Kier molecular flexibility index (Phi) is 9.29. The molecule has 0 spiro atoms. The smallest absolute Gasteiger partial charge is 0.251 e. The number of benzene rings is 2. The van der Waals surface area contributed by atoms with Gasteiger partial charge in [-0.2, -0.15) is 0 Å². The molecule has 0 bridgehead atoms. The second-order valence-electron chi connectivity index (χ2n) is 10.9. The van der Waals surface area contributed by atoms with E-state index < -0.39 is 0 Å². The lowest BCUT2D eigenvalue weighted by molar-refractivity contribution is -0.124.